The molecule has 0 saturated heterocycles. The van der Waals surface area contributed by atoms with Crippen LogP contribution in [0.15, 0.2) is 4.73 Å². The van der Waals surface area contributed by atoms with Crippen molar-refractivity contribution in [1.82, 2.24) is 14.9 Å². The van der Waals surface area contributed by atoms with Crippen molar-refractivity contribution in [1.29, 1.82) is 0 Å². The van der Waals surface area contributed by atoms with Gasteiger partial charge in [0.2, 0.25) is 0 Å². The fourth-order valence-corrected chi connectivity index (χ4v) is 2.23. The highest BCUT2D eigenvalue weighted by atomic mass is 79.9. The van der Waals surface area contributed by atoms with Crippen LogP contribution in [0.4, 0.5) is 10.6 Å². The summed E-state index contributed by atoms with van der Waals surface area (Å²) in [6.45, 7) is 5.84. The van der Waals surface area contributed by atoms with Crippen LogP contribution in [0.3, 0.4) is 0 Å². The summed E-state index contributed by atoms with van der Waals surface area (Å²) in [6, 6.07) is -0.187. The standard InChI is InChI=1S/C10H15BrN4O/c1-6(2)3-4-15-7-5-12-10(16)14-8(7)13-9(15)11/h6H,3-5H2,1-2H3,(H2,12,14,16). The number of carbonyl (C=O) groups is 1. The zero-order chi connectivity index (χ0) is 11.7. The molecule has 0 aromatic carbocycles. The third-order valence-corrected chi connectivity index (χ3v) is 3.21. The van der Waals surface area contributed by atoms with Crippen LogP contribution in [0.5, 0.6) is 0 Å². The Hall–Kier alpha value is -1.04. The summed E-state index contributed by atoms with van der Waals surface area (Å²) >= 11 is 3.42. The molecule has 1 aliphatic heterocycles. The fraction of sp³-hybridized carbons (Fsp3) is 0.600. The number of nitrogens with one attached hydrogen (secondary N) is 2. The third kappa shape index (κ3) is 2.21. The first-order valence-corrected chi connectivity index (χ1v) is 6.17. The number of urea groups is 1. The van der Waals surface area contributed by atoms with Crippen LogP contribution in [0.1, 0.15) is 26.0 Å². The van der Waals surface area contributed by atoms with Crippen molar-refractivity contribution < 1.29 is 4.79 Å². The molecule has 0 aliphatic carbocycles. The van der Waals surface area contributed by atoms with Gasteiger partial charge in [-0.25, -0.2) is 9.78 Å². The highest BCUT2D eigenvalue weighted by Crippen LogP contribution is 2.24. The minimum Gasteiger partial charge on any atom is -0.332 e. The summed E-state index contributed by atoms with van der Waals surface area (Å²) in [5, 5.41) is 5.44. The van der Waals surface area contributed by atoms with E-state index in [2.05, 4.69) is 50.0 Å². The highest BCUT2D eigenvalue weighted by Gasteiger charge is 2.21. The van der Waals surface area contributed by atoms with Crippen molar-refractivity contribution in [2.24, 2.45) is 5.92 Å². The first kappa shape index (κ1) is 11.4. The van der Waals surface area contributed by atoms with E-state index >= 15 is 0 Å². The van der Waals surface area contributed by atoms with E-state index < -0.39 is 0 Å². The average Bonchev–Trinajstić information content (AvgIpc) is 2.50. The molecule has 0 saturated carbocycles. The molecule has 1 aliphatic rings. The number of amides is 2. The van der Waals surface area contributed by atoms with Gasteiger partial charge in [0.05, 0.1) is 12.2 Å². The van der Waals surface area contributed by atoms with E-state index in [-0.39, 0.29) is 6.03 Å². The quantitative estimate of drug-likeness (QED) is 0.896. The third-order valence-electron chi connectivity index (χ3n) is 2.60. The van der Waals surface area contributed by atoms with E-state index in [0.717, 1.165) is 23.4 Å². The number of hydrogen-bond donors (Lipinski definition) is 2. The Balaban J connectivity index is 2.21. The van der Waals surface area contributed by atoms with Crippen LogP contribution >= 0.6 is 15.9 Å². The molecule has 0 radical (unpaired) electrons. The number of rotatable bonds is 3. The van der Waals surface area contributed by atoms with Crippen molar-refractivity contribution in [2.45, 2.75) is 33.4 Å². The first-order chi connectivity index (χ1) is 7.58. The molecular weight excluding hydrogens is 272 g/mol. The Kier molecular flexibility index (Phi) is 3.18. The summed E-state index contributed by atoms with van der Waals surface area (Å²) in [5.41, 5.74) is 1.03. The van der Waals surface area contributed by atoms with Gasteiger partial charge in [-0.1, -0.05) is 13.8 Å². The number of carbonyl (C=O) groups excluding carboxylic acids is 1. The Bertz CT molecular complexity index is 413. The number of fused-ring (bicyclic) bond motifs is 1. The molecule has 16 heavy (non-hydrogen) atoms. The van der Waals surface area contributed by atoms with Crippen LogP contribution in [0.25, 0.3) is 0 Å². The molecule has 1 aromatic heterocycles. The Labute approximate surface area is 103 Å². The Morgan fingerprint density at radius 3 is 3.00 bits per heavy atom. The van der Waals surface area contributed by atoms with Gasteiger partial charge in [0.1, 0.15) is 0 Å². The van der Waals surface area contributed by atoms with E-state index in [1.165, 1.54) is 0 Å². The van der Waals surface area contributed by atoms with Gasteiger partial charge in [-0.2, -0.15) is 0 Å². The van der Waals surface area contributed by atoms with Gasteiger partial charge in [-0.15, -0.1) is 0 Å². The van der Waals surface area contributed by atoms with Crippen LogP contribution in [-0.2, 0) is 13.1 Å². The molecule has 2 amide bonds. The predicted molar refractivity (Wildman–Crippen MR) is 65.2 cm³/mol. The lowest BCUT2D eigenvalue weighted by molar-refractivity contribution is 0.250. The van der Waals surface area contributed by atoms with Crippen molar-refractivity contribution in [2.75, 3.05) is 5.32 Å². The molecule has 2 N–H and O–H groups in total. The summed E-state index contributed by atoms with van der Waals surface area (Å²) in [4.78, 5) is 15.4. The van der Waals surface area contributed by atoms with Gasteiger partial charge in [0.25, 0.3) is 0 Å². The lowest BCUT2D eigenvalue weighted by Gasteiger charge is -2.16. The molecule has 0 bridgehead atoms. The molecule has 2 heterocycles. The van der Waals surface area contributed by atoms with Gasteiger partial charge >= 0.3 is 6.03 Å². The first-order valence-electron chi connectivity index (χ1n) is 5.37. The van der Waals surface area contributed by atoms with Crippen LogP contribution in [0, 0.1) is 5.92 Å². The van der Waals surface area contributed by atoms with Crippen LogP contribution in [0.2, 0.25) is 0 Å². The van der Waals surface area contributed by atoms with Crippen molar-refractivity contribution in [3.63, 3.8) is 0 Å². The van der Waals surface area contributed by atoms with Gasteiger partial charge in [-0.3, -0.25) is 5.32 Å². The van der Waals surface area contributed by atoms with Crippen molar-refractivity contribution in [3.8, 4) is 0 Å². The molecular formula is C10H15BrN4O. The second kappa shape index (κ2) is 4.45. The number of aromatic nitrogens is 2. The summed E-state index contributed by atoms with van der Waals surface area (Å²) in [6.07, 6.45) is 1.09. The molecule has 0 fully saturated rings. The monoisotopic (exact) mass is 286 g/mol. The lowest BCUT2D eigenvalue weighted by Crippen LogP contribution is -2.34. The van der Waals surface area contributed by atoms with Crippen LogP contribution < -0.4 is 10.6 Å². The topological polar surface area (TPSA) is 59.0 Å². The zero-order valence-electron chi connectivity index (χ0n) is 9.38. The van der Waals surface area contributed by atoms with E-state index in [9.17, 15) is 4.79 Å². The average molecular weight is 287 g/mol. The summed E-state index contributed by atoms with van der Waals surface area (Å²) < 4.78 is 2.88. The highest BCUT2D eigenvalue weighted by molar-refractivity contribution is 9.10. The molecule has 5 nitrogen and oxygen atoms in total. The molecule has 0 atom stereocenters. The maximum Gasteiger partial charge on any atom is 0.320 e. The number of hydrogen-bond acceptors (Lipinski definition) is 2. The minimum atomic E-state index is -0.187. The molecule has 88 valence electrons. The number of nitrogens with zero attached hydrogens (tertiary/aromatic N) is 2. The number of anilines is 1. The van der Waals surface area contributed by atoms with E-state index in [1.54, 1.807) is 0 Å². The lowest BCUT2D eigenvalue weighted by atomic mass is 10.1. The second-order valence-corrected chi connectivity index (χ2v) is 5.03. The smallest absolute Gasteiger partial charge is 0.320 e. The normalized spacial score (nSPS) is 14.6. The zero-order valence-corrected chi connectivity index (χ0v) is 11.0. The molecule has 0 unspecified atom stereocenters. The summed E-state index contributed by atoms with van der Waals surface area (Å²) in [5.74, 6) is 1.32. The van der Waals surface area contributed by atoms with E-state index in [4.69, 9.17) is 0 Å². The van der Waals surface area contributed by atoms with Gasteiger partial charge in [-0.05, 0) is 28.3 Å². The SMILES string of the molecule is CC(C)CCn1c(Br)nc2c1CNC(=O)N2. The maximum absolute atomic E-state index is 11.1. The predicted octanol–water partition coefficient (Wildman–Crippen LogP) is 2.33. The number of halogens is 1. The molecule has 0 spiro atoms. The van der Waals surface area contributed by atoms with Gasteiger partial charge in [0, 0.05) is 6.54 Å². The largest absolute Gasteiger partial charge is 0.332 e. The van der Waals surface area contributed by atoms with Gasteiger partial charge in [0.15, 0.2) is 10.6 Å². The van der Waals surface area contributed by atoms with Crippen molar-refractivity contribution in [3.05, 3.63) is 10.4 Å². The van der Waals surface area contributed by atoms with E-state index in [1.807, 2.05) is 0 Å². The van der Waals surface area contributed by atoms with Crippen molar-refractivity contribution >= 4 is 27.8 Å². The molecule has 1 aromatic rings. The minimum absolute atomic E-state index is 0.187. The Morgan fingerprint density at radius 2 is 2.31 bits per heavy atom. The fourth-order valence-electron chi connectivity index (χ4n) is 1.67. The Morgan fingerprint density at radius 1 is 1.56 bits per heavy atom. The number of imidazole rings is 1. The second-order valence-electron chi connectivity index (χ2n) is 4.32. The summed E-state index contributed by atoms with van der Waals surface area (Å²) in [7, 11) is 0. The maximum atomic E-state index is 11.1. The molecule has 6 heteroatoms. The van der Waals surface area contributed by atoms with E-state index in [0.29, 0.717) is 18.3 Å². The van der Waals surface area contributed by atoms with Crippen LogP contribution in [-0.4, -0.2) is 15.6 Å². The van der Waals surface area contributed by atoms with Gasteiger partial charge < -0.3 is 9.88 Å². The molecule has 2 rings (SSSR count).